The number of alkyl halides is 1. The van der Waals surface area contributed by atoms with Crippen LogP contribution < -0.4 is 0 Å². The Balaban J connectivity index is 2.72. The van der Waals surface area contributed by atoms with Crippen LogP contribution in [0, 0.1) is 5.92 Å². The molecule has 1 atom stereocenters. The Morgan fingerprint density at radius 1 is 1.53 bits per heavy atom. The average Bonchev–Trinajstić information content (AvgIpc) is 2.65. The minimum atomic E-state index is -3.27. The number of rotatable bonds is 4. The highest BCUT2D eigenvalue weighted by Crippen LogP contribution is 2.22. The van der Waals surface area contributed by atoms with Crippen molar-refractivity contribution in [2.45, 2.75) is 26.3 Å². The van der Waals surface area contributed by atoms with Crippen molar-refractivity contribution in [2.75, 3.05) is 26.0 Å². The predicted molar refractivity (Wildman–Crippen MR) is 62.2 cm³/mol. The van der Waals surface area contributed by atoms with Gasteiger partial charge in [-0.25, -0.2) is 0 Å². The maximum atomic E-state index is 12.0. The van der Waals surface area contributed by atoms with E-state index in [2.05, 4.69) is 0 Å². The maximum absolute atomic E-state index is 12.0. The summed E-state index contributed by atoms with van der Waals surface area (Å²) in [6.45, 7) is 4.89. The Morgan fingerprint density at radius 2 is 2.13 bits per heavy atom. The number of hydrogen-bond acceptors (Lipinski definition) is 2. The van der Waals surface area contributed by atoms with Gasteiger partial charge in [0.1, 0.15) is 0 Å². The van der Waals surface area contributed by atoms with Crippen LogP contribution in [0.4, 0.5) is 0 Å². The normalized spacial score (nSPS) is 24.3. The van der Waals surface area contributed by atoms with Crippen molar-refractivity contribution in [2.24, 2.45) is 5.92 Å². The Morgan fingerprint density at radius 3 is 2.53 bits per heavy atom. The monoisotopic (exact) mass is 254 g/mol. The SMILES string of the molecule is CC(C)N(C)S(=O)(=O)N1CCC(CCl)C1. The molecule has 4 nitrogen and oxygen atoms in total. The van der Waals surface area contributed by atoms with Crippen molar-refractivity contribution in [1.82, 2.24) is 8.61 Å². The molecule has 15 heavy (non-hydrogen) atoms. The molecule has 0 spiro atoms. The molecule has 0 bridgehead atoms. The summed E-state index contributed by atoms with van der Waals surface area (Å²) in [5.41, 5.74) is 0. The van der Waals surface area contributed by atoms with Crippen molar-refractivity contribution >= 4 is 21.8 Å². The quantitative estimate of drug-likeness (QED) is 0.706. The van der Waals surface area contributed by atoms with Gasteiger partial charge in [0.25, 0.3) is 10.2 Å². The molecule has 1 fully saturated rings. The summed E-state index contributed by atoms with van der Waals surface area (Å²) in [6.07, 6.45) is 0.870. The minimum Gasteiger partial charge on any atom is -0.195 e. The molecule has 0 aromatic rings. The second-order valence-electron chi connectivity index (χ2n) is 4.28. The van der Waals surface area contributed by atoms with Gasteiger partial charge < -0.3 is 0 Å². The molecule has 6 heteroatoms. The van der Waals surface area contributed by atoms with Crippen LogP contribution in [0.3, 0.4) is 0 Å². The van der Waals surface area contributed by atoms with Crippen LogP contribution in [0.5, 0.6) is 0 Å². The molecule has 90 valence electrons. The lowest BCUT2D eigenvalue weighted by atomic mass is 10.2. The van der Waals surface area contributed by atoms with Crippen molar-refractivity contribution in [1.29, 1.82) is 0 Å². The fourth-order valence-corrected chi connectivity index (χ4v) is 3.47. The van der Waals surface area contributed by atoms with E-state index in [1.807, 2.05) is 13.8 Å². The Labute approximate surface area is 97.4 Å². The van der Waals surface area contributed by atoms with Gasteiger partial charge in [0, 0.05) is 32.1 Å². The molecule has 0 radical (unpaired) electrons. The highest BCUT2D eigenvalue weighted by molar-refractivity contribution is 7.86. The van der Waals surface area contributed by atoms with Crippen molar-refractivity contribution < 1.29 is 8.42 Å². The van der Waals surface area contributed by atoms with Gasteiger partial charge in [0.05, 0.1) is 0 Å². The molecule has 0 N–H and O–H groups in total. The van der Waals surface area contributed by atoms with E-state index in [4.69, 9.17) is 11.6 Å². The highest BCUT2D eigenvalue weighted by atomic mass is 35.5. The Bertz CT molecular complexity index is 305. The molecule has 1 saturated heterocycles. The average molecular weight is 255 g/mol. The molecular formula is C9H19ClN2O2S. The zero-order chi connectivity index (χ0) is 11.6. The first-order valence-electron chi connectivity index (χ1n) is 5.18. The molecule has 1 heterocycles. The summed E-state index contributed by atoms with van der Waals surface area (Å²) in [4.78, 5) is 0. The Kier molecular flexibility index (Phi) is 4.40. The lowest BCUT2D eigenvalue weighted by Gasteiger charge is -2.26. The van der Waals surface area contributed by atoms with Crippen LogP contribution in [0.2, 0.25) is 0 Å². The highest BCUT2D eigenvalue weighted by Gasteiger charge is 2.34. The van der Waals surface area contributed by atoms with Crippen LogP contribution in [0.1, 0.15) is 20.3 Å². The topological polar surface area (TPSA) is 40.6 Å². The molecule has 0 saturated carbocycles. The van der Waals surface area contributed by atoms with E-state index in [1.54, 1.807) is 7.05 Å². The molecule has 1 aliphatic heterocycles. The van der Waals surface area contributed by atoms with Crippen LogP contribution in [-0.2, 0) is 10.2 Å². The molecule has 1 aliphatic rings. The zero-order valence-electron chi connectivity index (χ0n) is 9.48. The summed E-state index contributed by atoms with van der Waals surface area (Å²) < 4.78 is 27.0. The van der Waals surface area contributed by atoms with E-state index in [0.717, 1.165) is 6.42 Å². The predicted octanol–water partition coefficient (Wildman–Crippen LogP) is 1.13. The van der Waals surface area contributed by atoms with E-state index >= 15 is 0 Å². The van der Waals surface area contributed by atoms with Gasteiger partial charge in [0.2, 0.25) is 0 Å². The van der Waals surface area contributed by atoms with E-state index in [-0.39, 0.29) is 6.04 Å². The van der Waals surface area contributed by atoms with Gasteiger partial charge in [-0.2, -0.15) is 17.0 Å². The van der Waals surface area contributed by atoms with Gasteiger partial charge >= 0.3 is 0 Å². The van der Waals surface area contributed by atoms with Crippen LogP contribution in [-0.4, -0.2) is 49.1 Å². The third-order valence-electron chi connectivity index (χ3n) is 2.88. The van der Waals surface area contributed by atoms with E-state index < -0.39 is 10.2 Å². The standard InChI is InChI=1S/C9H19ClN2O2S/c1-8(2)11(3)15(13,14)12-5-4-9(6-10)7-12/h8-9H,4-7H2,1-3H3. The Hall–Kier alpha value is 0.160. The van der Waals surface area contributed by atoms with E-state index in [1.165, 1.54) is 8.61 Å². The number of nitrogens with zero attached hydrogens (tertiary/aromatic N) is 2. The molecule has 1 unspecified atom stereocenters. The smallest absolute Gasteiger partial charge is 0.195 e. The second kappa shape index (κ2) is 4.99. The molecule has 1 rings (SSSR count). The van der Waals surface area contributed by atoms with Gasteiger partial charge in [-0.3, -0.25) is 0 Å². The fourth-order valence-electron chi connectivity index (χ4n) is 1.58. The molecule has 0 amide bonds. The molecule has 0 aliphatic carbocycles. The molecule has 0 aromatic carbocycles. The van der Waals surface area contributed by atoms with E-state index in [9.17, 15) is 8.42 Å². The third-order valence-corrected chi connectivity index (χ3v) is 5.45. The lowest BCUT2D eigenvalue weighted by Crippen LogP contribution is -2.43. The van der Waals surface area contributed by atoms with Gasteiger partial charge in [0.15, 0.2) is 0 Å². The van der Waals surface area contributed by atoms with Crippen molar-refractivity contribution in [3.8, 4) is 0 Å². The summed E-state index contributed by atoms with van der Waals surface area (Å²) in [5.74, 6) is 0.847. The van der Waals surface area contributed by atoms with Crippen LogP contribution in [0.25, 0.3) is 0 Å². The maximum Gasteiger partial charge on any atom is 0.281 e. The molecular weight excluding hydrogens is 236 g/mol. The van der Waals surface area contributed by atoms with Gasteiger partial charge in [-0.1, -0.05) is 0 Å². The first-order chi connectivity index (χ1) is 6.89. The van der Waals surface area contributed by atoms with Gasteiger partial charge in [-0.15, -0.1) is 11.6 Å². The number of hydrogen-bond donors (Lipinski definition) is 0. The minimum absolute atomic E-state index is 0.00921. The summed E-state index contributed by atoms with van der Waals surface area (Å²) in [7, 11) is -1.65. The first kappa shape index (κ1) is 13.2. The number of halogens is 1. The lowest BCUT2D eigenvalue weighted by molar-refractivity contribution is 0.356. The largest absolute Gasteiger partial charge is 0.281 e. The van der Waals surface area contributed by atoms with Crippen LogP contribution in [0.15, 0.2) is 0 Å². The zero-order valence-corrected chi connectivity index (χ0v) is 11.1. The summed E-state index contributed by atoms with van der Waals surface area (Å²) in [5, 5.41) is 0. The van der Waals surface area contributed by atoms with Crippen LogP contribution >= 0.6 is 11.6 Å². The van der Waals surface area contributed by atoms with Gasteiger partial charge in [-0.05, 0) is 26.2 Å². The first-order valence-corrected chi connectivity index (χ1v) is 7.11. The second-order valence-corrected chi connectivity index (χ2v) is 6.58. The fraction of sp³-hybridized carbons (Fsp3) is 1.00. The molecule has 0 aromatic heterocycles. The third kappa shape index (κ3) is 2.84. The van der Waals surface area contributed by atoms with E-state index in [0.29, 0.717) is 24.9 Å². The summed E-state index contributed by atoms with van der Waals surface area (Å²) >= 11 is 5.73. The van der Waals surface area contributed by atoms with Crippen molar-refractivity contribution in [3.63, 3.8) is 0 Å². The summed E-state index contributed by atoms with van der Waals surface area (Å²) in [6, 6.07) is -0.00921. The van der Waals surface area contributed by atoms with Crippen molar-refractivity contribution in [3.05, 3.63) is 0 Å².